The number of rotatable bonds is 5. The molecule has 0 saturated carbocycles. The maximum atomic E-state index is 2.54. The SMILES string of the molecule is CC1(C)c2ccccc2-c2ccc(N(c3ccc(-c4ccc(-c5ccccc5)cc4)cc3)c3cccc4c3C3(c5ccccc5-c5ccccc53)c3ccccc3-4)cc21. The van der Waals surface area contributed by atoms with Gasteiger partial charge in [0.1, 0.15) is 0 Å². The molecule has 1 spiro atoms. The minimum atomic E-state index is -0.485. The van der Waals surface area contributed by atoms with Gasteiger partial charge >= 0.3 is 0 Å². The van der Waals surface area contributed by atoms with Gasteiger partial charge in [-0.2, -0.15) is 0 Å². The Morgan fingerprint density at radius 3 is 1.29 bits per heavy atom. The molecule has 0 unspecified atom stereocenters. The molecule has 0 N–H and O–H groups in total. The van der Waals surface area contributed by atoms with Gasteiger partial charge in [0.05, 0.1) is 11.1 Å². The van der Waals surface area contributed by atoms with E-state index < -0.39 is 5.41 Å². The van der Waals surface area contributed by atoms with Crippen molar-refractivity contribution in [2.75, 3.05) is 4.90 Å². The van der Waals surface area contributed by atoms with E-state index in [9.17, 15) is 0 Å². The number of anilines is 3. The maximum absolute atomic E-state index is 2.54. The van der Waals surface area contributed by atoms with E-state index in [1.54, 1.807) is 0 Å². The molecule has 9 aromatic rings. The van der Waals surface area contributed by atoms with Crippen LogP contribution in [0.4, 0.5) is 17.1 Å². The Labute approximate surface area is 346 Å². The summed E-state index contributed by atoms with van der Waals surface area (Å²) in [7, 11) is 0. The fourth-order valence-electron chi connectivity index (χ4n) is 10.9. The first-order chi connectivity index (χ1) is 29.0. The summed E-state index contributed by atoms with van der Waals surface area (Å²) < 4.78 is 0. The fourth-order valence-corrected chi connectivity index (χ4v) is 10.9. The summed E-state index contributed by atoms with van der Waals surface area (Å²) in [5.41, 5.74) is 23.7. The molecule has 0 aromatic heterocycles. The van der Waals surface area contributed by atoms with Gasteiger partial charge in [-0.05, 0) is 114 Å². The molecule has 0 heterocycles. The molecule has 3 aliphatic carbocycles. The molecular weight excluding hydrogens is 711 g/mol. The van der Waals surface area contributed by atoms with Crippen LogP contribution in [0.15, 0.2) is 212 Å². The first-order valence-electron chi connectivity index (χ1n) is 20.8. The van der Waals surface area contributed by atoms with Crippen molar-refractivity contribution < 1.29 is 0 Å². The van der Waals surface area contributed by atoms with Gasteiger partial charge in [0.2, 0.25) is 0 Å². The Morgan fingerprint density at radius 1 is 0.305 bits per heavy atom. The number of hydrogen-bond donors (Lipinski definition) is 0. The molecule has 0 amide bonds. The molecule has 0 fully saturated rings. The number of hydrogen-bond acceptors (Lipinski definition) is 1. The molecule has 9 aromatic carbocycles. The van der Waals surface area contributed by atoms with Crippen molar-refractivity contribution in [1.29, 1.82) is 0 Å². The zero-order chi connectivity index (χ0) is 39.3. The average molecular weight is 752 g/mol. The Kier molecular flexibility index (Phi) is 7.26. The summed E-state index contributed by atoms with van der Waals surface area (Å²) in [6.45, 7) is 4.75. The topological polar surface area (TPSA) is 3.24 Å². The molecule has 1 heteroatoms. The normalized spacial score (nSPS) is 14.2. The molecular formula is C58H41N. The van der Waals surface area contributed by atoms with Crippen LogP contribution >= 0.6 is 0 Å². The van der Waals surface area contributed by atoms with Gasteiger partial charge in [-0.15, -0.1) is 0 Å². The van der Waals surface area contributed by atoms with E-state index in [1.165, 1.54) is 94.7 Å². The van der Waals surface area contributed by atoms with E-state index in [2.05, 4.69) is 231 Å². The number of nitrogens with zero attached hydrogens (tertiary/aromatic N) is 1. The van der Waals surface area contributed by atoms with Gasteiger partial charge in [0.15, 0.2) is 0 Å². The first-order valence-corrected chi connectivity index (χ1v) is 20.8. The van der Waals surface area contributed by atoms with E-state index in [4.69, 9.17) is 0 Å². The third-order valence-corrected chi connectivity index (χ3v) is 13.5. The summed E-state index contributed by atoms with van der Waals surface area (Å²) in [5.74, 6) is 0. The zero-order valence-electron chi connectivity index (χ0n) is 33.2. The van der Waals surface area contributed by atoms with Crippen LogP contribution in [0, 0.1) is 0 Å². The summed E-state index contributed by atoms with van der Waals surface area (Å²) in [4.78, 5) is 2.54. The molecule has 0 aliphatic heterocycles. The third-order valence-electron chi connectivity index (χ3n) is 13.5. The summed E-state index contributed by atoms with van der Waals surface area (Å²) in [5, 5.41) is 0. The highest BCUT2D eigenvalue weighted by Gasteiger charge is 2.53. The van der Waals surface area contributed by atoms with Crippen molar-refractivity contribution in [2.24, 2.45) is 0 Å². The summed E-state index contributed by atoms with van der Waals surface area (Å²) in [6, 6.07) is 79.2. The van der Waals surface area contributed by atoms with Crippen molar-refractivity contribution in [2.45, 2.75) is 24.7 Å². The van der Waals surface area contributed by atoms with Crippen LogP contribution in [0.1, 0.15) is 47.2 Å². The van der Waals surface area contributed by atoms with Gasteiger partial charge in [0, 0.05) is 22.4 Å². The summed E-state index contributed by atoms with van der Waals surface area (Å²) >= 11 is 0. The van der Waals surface area contributed by atoms with E-state index in [0.717, 1.165) is 11.4 Å². The highest BCUT2D eigenvalue weighted by atomic mass is 15.1. The molecule has 0 bridgehead atoms. The minimum absolute atomic E-state index is 0.136. The molecule has 59 heavy (non-hydrogen) atoms. The smallest absolute Gasteiger partial charge is 0.0746 e. The lowest BCUT2D eigenvalue weighted by Crippen LogP contribution is -2.28. The van der Waals surface area contributed by atoms with Crippen molar-refractivity contribution >= 4 is 17.1 Å². The van der Waals surface area contributed by atoms with Crippen molar-refractivity contribution in [3.63, 3.8) is 0 Å². The molecule has 0 atom stereocenters. The van der Waals surface area contributed by atoms with E-state index in [0.29, 0.717) is 0 Å². The highest BCUT2D eigenvalue weighted by Crippen LogP contribution is 2.65. The number of benzene rings is 9. The van der Waals surface area contributed by atoms with E-state index >= 15 is 0 Å². The van der Waals surface area contributed by atoms with Crippen LogP contribution in [-0.4, -0.2) is 0 Å². The average Bonchev–Trinajstić information content (AvgIpc) is 3.86. The van der Waals surface area contributed by atoms with Gasteiger partial charge in [-0.3, -0.25) is 0 Å². The van der Waals surface area contributed by atoms with E-state index in [-0.39, 0.29) is 5.41 Å². The Hall–Kier alpha value is -7.22. The number of fused-ring (bicyclic) bond motifs is 13. The molecule has 3 aliphatic rings. The van der Waals surface area contributed by atoms with Crippen LogP contribution < -0.4 is 4.90 Å². The lowest BCUT2D eigenvalue weighted by Gasteiger charge is -2.36. The maximum Gasteiger partial charge on any atom is 0.0746 e. The second-order valence-corrected chi connectivity index (χ2v) is 16.8. The quantitative estimate of drug-likeness (QED) is 0.169. The van der Waals surface area contributed by atoms with Crippen LogP contribution in [-0.2, 0) is 10.8 Å². The lowest BCUT2D eigenvalue weighted by molar-refractivity contribution is 0.660. The standard InChI is InChI=1S/C58H41N/c1-57(2)50-22-10-6-17-44(50)48-36-35-43(37-54(48)57)59(42-33-31-41(32-34-42)40-29-27-39(28-30-40)38-15-4-3-5-16-38)55-26-14-21-49-47-20-9-13-25-53(47)58(56(49)55)51-23-11-7-18-45(51)46-19-8-12-24-52(46)58/h3-37H,1-2H3. The van der Waals surface area contributed by atoms with Gasteiger partial charge < -0.3 is 4.90 Å². The molecule has 0 saturated heterocycles. The minimum Gasteiger partial charge on any atom is -0.310 e. The summed E-state index contributed by atoms with van der Waals surface area (Å²) in [6.07, 6.45) is 0. The monoisotopic (exact) mass is 751 g/mol. The van der Waals surface area contributed by atoms with Gasteiger partial charge in [-0.25, -0.2) is 0 Å². The zero-order valence-corrected chi connectivity index (χ0v) is 33.2. The third kappa shape index (κ3) is 4.73. The van der Waals surface area contributed by atoms with Crippen molar-refractivity contribution in [1.82, 2.24) is 0 Å². The fraction of sp³-hybridized carbons (Fsp3) is 0.0690. The Morgan fingerprint density at radius 2 is 0.712 bits per heavy atom. The highest BCUT2D eigenvalue weighted by molar-refractivity contribution is 6.00. The Bertz CT molecular complexity index is 3050. The second-order valence-electron chi connectivity index (χ2n) is 16.8. The van der Waals surface area contributed by atoms with Crippen molar-refractivity contribution in [3.8, 4) is 55.6 Å². The van der Waals surface area contributed by atoms with E-state index in [1.807, 2.05) is 0 Å². The Balaban J connectivity index is 1.09. The van der Waals surface area contributed by atoms with Gasteiger partial charge in [0.25, 0.3) is 0 Å². The largest absolute Gasteiger partial charge is 0.310 e. The molecule has 1 nitrogen and oxygen atoms in total. The predicted octanol–water partition coefficient (Wildman–Crippen LogP) is 15.1. The second kappa shape index (κ2) is 12.6. The van der Waals surface area contributed by atoms with Crippen LogP contribution in [0.3, 0.4) is 0 Å². The lowest BCUT2D eigenvalue weighted by atomic mass is 9.70. The predicted molar refractivity (Wildman–Crippen MR) is 246 cm³/mol. The van der Waals surface area contributed by atoms with Crippen LogP contribution in [0.5, 0.6) is 0 Å². The molecule has 12 rings (SSSR count). The van der Waals surface area contributed by atoms with Crippen molar-refractivity contribution in [3.05, 3.63) is 246 Å². The molecule has 0 radical (unpaired) electrons. The van der Waals surface area contributed by atoms with Crippen LogP contribution in [0.2, 0.25) is 0 Å². The van der Waals surface area contributed by atoms with Gasteiger partial charge in [-0.1, -0.05) is 196 Å². The van der Waals surface area contributed by atoms with Crippen LogP contribution in [0.25, 0.3) is 55.6 Å². The first kappa shape index (κ1) is 33.9. The molecule has 278 valence electrons.